The molecule has 96 valence electrons. The van der Waals surface area contributed by atoms with Crippen LogP contribution in [0, 0.1) is 0 Å². The van der Waals surface area contributed by atoms with Crippen molar-refractivity contribution in [2.24, 2.45) is 5.14 Å². The molecule has 0 bridgehead atoms. The second-order valence-electron chi connectivity index (χ2n) is 4.24. The van der Waals surface area contributed by atoms with E-state index in [1.807, 2.05) is 6.92 Å². The lowest BCUT2D eigenvalue weighted by Gasteiger charge is -2.32. The highest BCUT2D eigenvalue weighted by Crippen LogP contribution is 2.13. The molecule has 0 aromatic rings. The van der Waals surface area contributed by atoms with E-state index in [0.717, 1.165) is 39.1 Å². The molecule has 1 aliphatic rings. The minimum atomic E-state index is -3.31. The Balaban J connectivity index is 2.21. The number of piperidine rings is 1. The lowest BCUT2D eigenvalue weighted by atomic mass is 10.1. The number of sulfonamides is 1. The van der Waals surface area contributed by atoms with Crippen LogP contribution in [0.1, 0.15) is 26.2 Å². The number of ether oxygens (including phenoxy) is 1. The minimum Gasteiger partial charge on any atom is -0.377 e. The van der Waals surface area contributed by atoms with Gasteiger partial charge in [0.1, 0.15) is 0 Å². The van der Waals surface area contributed by atoms with Crippen LogP contribution in [-0.4, -0.2) is 51.4 Å². The largest absolute Gasteiger partial charge is 0.377 e. The predicted molar refractivity (Wildman–Crippen MR) is 63.7 cm³/mol. The van der Waals surface area contributed by atoms with Crippen LogP contribution in [0.2, 0.25) is 0 Å². The van der Waals surface area contributed by atoms with Gasteiger partial charge >= 0.3 is 0 Å². The quantitative estimate of drug-likeness (QED) is 0.729. The lowest BCUT2D eigenvalue weighted by molar-refractivity contribution is 0.00612. The Kier molecular flexibility index (Phi) is 5.68. The molecule has 0 aromatic carbocycles. The third-order valence-corrected chi connectivity index (χ3v) is 3.63. The predicted octanol–water partition coefficient (Wildman–Crippen LogP) is 0.166. The molecule has 0 saturated carbocycles. The molecule has 0 radical (unpaired) electrons. The topological polar surface area (TPSA) is 72.6 Å². The molecule has 16 heavy (non-hydrogen) atoms. The van der Waals surface area contributed by atoms with Crippen molar-refractivity contribution < 1.29 is 13.2 Å². The number of hydrogen-bond acceptors (Lipinski definition) is 4. The normalized spacial score (nSPS) is 23.5. The molecule has 0 aliphatic carbocycles. The van der Waals surface area contributed by atoms with E-state index in [-0.39, 0.29) is 5.75 Å². The monoisotopic (exact) mass is 250 g/mol. The third kappa shape index (κ3) is 5.79. The van der Waals surface area contributed by atoms with Gasteiger partial charge < -0.3 is 9.64 Å². The molecule has 1 saturated heterocycles. The van der Waals surface area contributed by atoms with Gasteiger partial charge in [-0.1, -0.05) is 0 Å². The molecule has 5 nitrogen and oxygen atoms in total. The first kappa shape index (κ1) is 13.9. The molecular formula is C10H22N2O3S. The van der Waals surface area contributed by atoms with Gasteiger partial charge in [-0.05, 0) is 39.3 Å². The number of likely N-dealkylation sites (tertiary alicyclic amines) is 1. The molecule has 0 spiro atoms. The van der Waals surface area contributed by atoms with Crippen LogP contribution in [0.25, 0.3) is 0 Å². The van der Waals surface area contributed by atoms with Gasteiger partial charge in [-0.15, -0.1) is 0 Å². The second kappa shape index (κ2) is 6.54. The molecule has 2 N–H and O–H groups in total. The first-order chi connectivity index (χ1) is 7.51. The van der Waals surface area contributed by atoms with E-state index >= 15 is 0 Å². The van der Waals surface area contributed by atoms with Crippen LogP contribution in [-0.2, 0) is 14.8 Å². The fraction of sp³-hybridized carbons (Fsp3) is 1.00. The smallest absolute Gasteiger partial charge is 0.209 e. The van der Waals surface area contributed by atoms with Crippen molar-refractivity contribution in [3.8, 4) is 0 Å². The molecule has 1 aliphatic heterocycles. The highest BCUT2D eigenvalue weighted by Gasteiger charge is 2.19. The van der Waals surface area contributed by atoms with Crippen molar-refractivity contribution >= 4 is 10.0 Å². The second-order valence-corrected chi connectivity index (χ2v) is 5.97. The van der Waals surface area contributed by atoms with E-state index in [0.29, 0.717) is 12.5 Å². The van der Waals surface area contributed by atoms with Crippen molar-refractivity contribution in [1.82, 2.24) is 4.90 Å². The zero-order valence-electron chi connectivity index (χ0n) is 9.89. The minimum absolute atomic E-state index is 0.0722. The van der Waals surface area contributed by atoms with Gasteiger partial charge in [0.25, 0.3) is 0 Å². The molecule has 1 heterocycles. The maximum Gasteiger partial charge on any atom is 0.209 e. The Morgan fingerprint density at radius 3 is 2.88 bits per heavy atom. The van der Waals surface area contributed by atoms with Crippen LogP contribution < -0.4 is 5.14 Å². The molecule has 0 amide bonds. The average molecular weight is 250 g/mol. The summed E-state index contributed by atoms with van der Waals surface area (Å²) in [5.74, 6) is 0.0722. The molecule has 1 rings (SSSR count). The third-order valence-electron chi connectivity index (χ3n) is 2.77. The Morgan fingerprint density at radius 1 is 1.50 bits per heavy atom. The molecule has 1 fully saturated rings. The van der Waals surface area contributed by atoms with Gasteiger partial charge in [-0.3, -0.25) is 0 Å². The van der Waals surface area contributed by atoms with Crippen LogP contribution in [0.4, 0.5) is 0 Å². The van der Waals surface area contributed by atoms with Crippen LogP contribution >= 0.6 is 0 Å². The molecule has 0 aromatic heterocycles. The SMILES string of the molecule is CCOC1CCCN(CCCS(N)(=O)=O)C1. The van der Waals surface area contributed by atoms with Crippen molar-refractivity contribution in [1.29, 1.82) is 0 Å². The van der Waals surface area contributed by atoms with Crippen molar-refractivity contribution in [2.75, 3.05) is 32.0 Å². The molecular weight excluding hydrogens is 228 g/mol. The van der Waals surface area contributed by atoms with Crippen LogP contribution in [0.3, 0.4) is 0 Å². The van der Waals surface area contributed by atoms with Crippen molar-refractivity contribution in [3.05, 3.63) is 0 Å². The van der Waals surface area contributed by atoms with E-state index < -0.39 is 10.0 Å². The highest BCUT2D eigenvalue weighted by molar-refractivity contribution is 7.89. The molecule has 6 heteroatoms. The molecule has 1 unspecified atom stereocenters. The van der Waals surface area contributed by atoms with Gasteiger partial charge in [-0.25, -0.2) is 13.6 Å². The number of nitrogens with two attached hydrogens (primary N) is 1. The first-order valence-corrected chi connectivity index (χ1v) is 7.57. The van der Waals surface area contributed by atoms with Gasteiger partial charge in [-0.2, -0.15) is 0 Å². The zero-order valence-corrected chi connectivity index (χ0v) is 10.7. The van der Waals surface area contributed by atoms with Gasteiger partial charge in [0.15, 0.2) is 0 Å². The number of rotatable bonds is 6. The Labute approximate surface area is 98.0 Å². The maximum atomic E-state index is 10.8. The summed E-state index contributed by atoms with van der Waals surface area (Å²) in [7, 11) is -3.31. The van der Waals surface area contributed by atoms with E-state index in [1.54, 1.807) is 0 Å². The lowest BCUT2D eigenvalue weighted by Crippen LogP contribution is -2.40. The fourth-order valence-corrected chi connectivity index (χ4v) is 2.61. The Bertz CT molecular complexity index is 290. The van der Waals surface area contributed by atoms with Gasteiger partial charge in [0, 0.05) is 13.2 Å². The van der Waals surface area contributed by atoms with Crippen LogP contribution in [0.5, 0.6) is 0 Å². The molecule has 1 atom stereocenters. The summed E-state index contributed by atoms with van der Waals surface area (Å²) in [6.07, 6.45) is 3.16. The summed E-state index contributed by atoms with van der Waals surface area (Å²) in [4.78, 5) is 2.26. The fourth-order valence-electron chi connectivity index (χ4n) is 2.08. The summed E-state index contributed by atoms with van der Waals surface area (Å²) in [5, 5.41) is 4.96. The summed E-state index contributed by atoms with van der Waals surface area (Å²) < 4.78 is 27.1. The number of primary sulfonamides is 1. The Hall–Kier alpha value is -0.170. The standard InChI is InChI=1S/C10H22N2O3S/c1-2-15-10-5-3-6-12(9-10)7-4-8-16(11,13)14/h10H,2-9H2,1H3,(H2,11,13,14). The summed E-state index contributed by atoms with van der Waals surface area (Å²) >= 11 is 0. The average Bonchev–Trinajstić information content (AvgIpc) is 2.17. The van der Waals surface area contributed by atoms with Crippen molar-refractivity contribution in [2.45, 2.75) is 32.3 Å². The van der Waals surface area contributed by atoms with Crippen molar-refractivity contribution in [3.63, 3.8) is 0 Å². The Morgan fingerprint density at radius 2 is 2.25 bits per heavy atom. The summed E-state index contributed by atoms with van der Waals surface area (Å²) in [6.45, 7) is 5.49. The first-order valence-electron chi connectivity index (χ1n) is 5.85. The van der Waals surface area contributed by atoms with E-state index in [1.165, 1.54) is 0 Å². The van der Waals surface area contributed by atoms with Gasteiger partial charge in [0.2, 0.25) is 10.0 Å². The van der Waals surface area contributed by atoms with E-state index in [4.69, 9.17) is 9.88 Å². The van der Waals surface area contributed by atoms with E-state index in [9.17, 15) is 8.42 Å². The van der Waals surface area contributed by atoms with Gasteiger partial charge in [0.05, 0.1) is 11.9 Å². The number of hydrogen-bond donors (Lipinski definition) is 1. The number of nitrogens with zero attached hydrogens (tertiary/aromatic N) is 1. The maximum absolute atomic E-state index is 10.8. The summed E-state index contributed by atoms with van der Waals surface area (Å²) in [5.41, 5.74) is 0. The highest BCUT2D eigenvalue weighted by atomic mass is 32.2. The van der Waals surface area contributed by atoms with E-state index in [2.05, 4.69) is 4.90 Å². The summed E-state index contributed by atoms with van der Waals surface area (Å²) in [6, 6.07) is 0. The zero-order chi connectivity index (χ0) is 12.0. The van der Waals surface area contributed by atoms with Crippen LogP contribution in [0.15, 0.2) is 0 Å².